The largest absolute Gasteiger partial charge is 0.506 e. The summed E-state index contributed by atoms with van der Waals surface area (Å²) >= 11 is 6.46. The minimum atomic E-state index is -0.224. The number of anilines is 1. The van der Waals surface area contributed by atoms with Crippen LogP contribution < -0.4 is 11.2 Å². The molecule has 1 amide bonds. The third-order valence-electron chi connectivity index (χ3n) is 2.79. The molecule has 0 unspecified atom stereocenters. The molecule has 2 aromatic carbocycles. The van der Waals surface area contributed by atoms with Crippen LogP contribution in [0.4, 0.5) is 5.69 Å². The molecule has 114 valence electrons. The van der Waals surface area contributed by atoms with Crippen molar-refractivity contribution in [3.8, 4) is 5.75 Å². The Balaban J connectivity index is 1.94. The van der Waals surface area contributed by atoms with Gasteiger partial charge in [0.2, 0.25) is 5.91 Å². The highest BCUT2D eigenvalue weighted by Crippen LogP contribution is 2.32. The number of amides is 1. The SMILES string of the molecule is Nc1ccc(CC(=O)N/N=C\c2cc(Br)c(O)c(Br)c2)cc1. The molecule has 0 aliphatic carbocycles. The minimum Gasteiger partial charge on any atom is -0.506 e. The molecule has 0 fully saturated rings. The van der Waals surface area contributed by atoms with E-state index in [1.807, 2.05) is 0 Å². The molecule has 0 heterocycles. The molecule has 0 spiro atoms. The zero-order valence-corrected chi connectivity index (χ0v) is 14.6. The fourth-order valence-corrected chi connectivity index (χ4v) is 2.92. The quantitative estimate of drug-likeness (QED) is 0.398. The fraction of sp³-hybridized carbons (Fsp3) is 0.0667. The van der Waals surface area contributed by atoms with Crippen molar-refractivity contribution in [3.63, 3.8) is 0 Å². The fourth-order valence-electron chi connectivity index (χ4n) is 1.70. The smallest absolute Gasteiger partial charge is 0.244 e. The van der Waals surface area contributed by atoms with Gasteiger partial charge in [-0.2, -0.15) is 5.10 Å². The van der Waals surface area contributed by atoms with Crippen LogP contribution in [0.5, 0.6) is 5.75 Å². The number of nitrogens with two attached hydrogens (primary N) is 1. The lowest BCUT2D eigenvalue weighted by atomic mass is 10.1. The highest BCUT2D eigenvalue weighted by Gasteiger charge is 2.05. The normalized spacial score (nSPS) is 10.8. The molecule has 0 aliphatic heterocycles. The van der Waals surface area contributed by atoms with Gasteiger partial charge in [-0.15, -0.1) is 0 Å². The van der Waals surface area contributed by atoms with Crippen LogP contribution in [-0.4, -0.2) is 17.2 Å². The lowest BCUT2D eigenvalue weighted by molar-refractivity contribution is -0.120. The number of halogens is 2. The molecule has 0 aliphatic rings. The Bertz CT molecular complexity index is 692. The predicted molar refractivity (Wildman–Crippen MR) is 93.8 cm³/mol. The summed E-state index contributed by atoms with van der Waals surface area (Å²) in [7, 11) is 0. The Morgan fingerprint density at radius 1 is 1.23 bits per heavy atom. The van der Waals surface area contributed by atoms with E-state index in [4.69, 9.17) is 5.73 Å². The van der Waals surface area contributed by atoms with Crippen molar-refractivity contribution >= 4 is 49.7 Å². The lowest BCUT2D eigenvalue weighted by Gasteiger charge is -2.03. The Labute approximate surface area is 144 Å². The second-order valence-electron chi connectivity index (χ2n) is 4.54. The van der Waals surface area contributed by atoms with Crippen molar-refractivity contribution in [1.82, 2.24) is 5.43 Å². The maximum atomic E-state index is 11.8. The topological polar surface area (TPSA) is 87.7 Å². The third-order valence-corrected chi connectivity index (χ3v) is 4.00. The maximum absolute atomic E-state index is 11.8. The zero-order valence-electron chi connectivity index (χ0n) is 11.4. The number of nitrogens with zero attached hydrogens (tertiary/aromatic N) is 1. The van der Waals surface area contributed by atoms with E-state index >= 15 is 0 Å². The summed E-state index contributed by atoms with van der Waals surface area (Å²) in [6.45, 7) is 0. The second kappa shape index (κ2) is 7.42. The number of hydrogen-bond donors (Lipinski definition) is 3. The number of carbonyl (C=O) groups excluding carboxylic acids is 1. The molecule has 5 nitrogen and oxygen atoms in total. The Kier molecular flexibility index (Phi) is 5.57. The highest BCUT2D eigenvalue weighted by atomic mass is 79.9. The van der Waals surface area contributed by atoms with Crippen LogP contribution in [0.1, 0.15) is 11.1 Å². The maximum Gasteiger partial charge on any atom is 0.244 e. The predicted octanol–water partition coefficient (Wildman–Crippen LogP) is 3.19. The van der Waals surface area contributed by atoms with Gasteiger partial charge in [0.05, 0.1) is 21.6 Å². The molecule has 22 heavy (non-hydrogen) atoms. The van der Waals surface area contributed by atoms with E-state index in [9.17, 15) is 9.90 Å². The van der Waals surface area contributed by atoms with Gasteiger partial charge < -0.3 is 10.8 Å². The molecule has 0 aromatic heterocycles. The van der Waals surface area contributed by atoms with Crippen molar-refractivity contribution in [1.29, 1.82) is 0 Å². The molecule has 0 atom stereocenters. The number of nitrogens with one attached hydrogen (secondary N) is 1. The minimum absolute atomic E-state index is 0.115. The molecular weight excluding hydrogens is 414 g/mol. The van der Waals surface area contributed by atoms with Gasteiger partial charge in [-0.3, -0.25) is 4.79 Å². The van der Waals surface area contributed by atoms with Gasteiger partial charge in [-0.05, 0) is 67.3 Å². The number of phenols is 1. The number of nitrogen functional groups attached to an aromatic ring is 1. The van der Waals surface area contributed by atoms with Crippen LogP contribution in [0.3, 0.4) is 0 Å². The average molecular weight is 427 g/mol. The van der Waals surface area contributed by atoms with Gasteiger partial charge in [0.1, 0.15) is 5.75 Å². The first-order valence-corrected chi connectivity index (χ1v) is 7.88. The number of aromatic hydroxyl groups is 1. The van der Waals surface area contributed by atoms with Gasteiger partial charge in [0, 0.05) is 5.69 Å². The summed E-state index contributed by atoms with van der Waals surface area (Å²) in [5.74, 6) is -0.109. The van der Waals surface area contributed by atoms with Crippen LogP contribution >= 0.6 is 31.9 Å². The number of phenolic OH excluding ortho intramolecular Hbond substituents is 1. The molecule has 2 rings (SSSR count). The molecular formula is C15H13Br2N3O2. The average Bonchev–Trinajstić information content (AvgIpc) is 2.47. The summed E-state index contributed by atoms with van der Waals surface area (Å²) in [5.41, 5.74) is 10.3. The van der Waals surface area contributed by atoms with E-state index < -0.39 is 0 Å². The summed E-state index contributed by atoms with van der Waals surface area (Å²) in [5, 5.41) is 13.5. The first kappa shape index (κ1) is 16.5. The molecule has 4 N–H and O–H groups in total. The van der Waals surface area contributed by atoms with Crippen molar-refractivity contribution in [3.05, 3.63) is 56.5 Å². The molecule has 0 radical (unpaired) electrons. The zero-order chi connectivity index (χ0) is 16.1. The van der Waals surface area contributed by atoms with Crippen LogP contribution in [0.2, 0.25) is 0 Å². The third kappa shape index (κ3) is 4.57. The van der Waals surface area contributed by atoms with Gasteiger partial charge >= 0.3 is 0 Å². The lowest BCUT2D eigenvalue weighted by Crippen LogP contribution is -2.19. The molecule has 0 saturated heterocycles. The van der Waals surface area contributed by atoms with Crippen LogP contribution in [0, 0.1) is 0 Å². The first-order chi connectivity index (χ1) is 10.5. The molecule has 0 saturated carbocycles. The summed E-state index contributed by atoms with van der Waals surface area (Å²) in [6, 6.07) is 10.5. The Morgan fingerprint density at radius 2 is 1.82 bits per heavy atom. The second-order valence-corrected chi connectivity index (χ2v) is 6.25. The van der Waals surface area contributed by atoms with Crippen molar-refractivity contribution in [2.24, 2.45) is 5.10 Å². The van der Waals surface area contributed by atoms with Crippen molar-refractivity contribution < 1.29 is 9.90 Å². The van der Waals surface area contributed by atoms with E-state index in [0.717, 1.165) is 11.1 Å². The Hall–Kier alpha value is -1.86. The van der Waals surface area contributed by atoms with E-state index in [-0.39, 0.29) is 18.1 Å². The van der Waals surface area contributed by atoms with Crippen molar-refractivity contribution in [2.45, 2.75) is 6.42 Å². The van der Waals surface area contributed by atoms with Gasteiger partial charge in [-0.25, -0.2) is 5.43 Å². The van der Waals surface area contributed by atoms with Crippen LogP contribution in [-0.2, 0) is 11.2 Å². The number of carbonyl (C=O) groups is 1. The number of rotatable bonds is 4. The van der Waals surface area contributed by atoms with Gasteiger partial charge in [0.15, 0.2) is 0 Å². The van der Waals surface area contributed by atoms with E-state index in [1.165, 1.54) is 6.21 Å². The van der Waals surface area contributed by atoms with Crippen molar-refractivity contribution in [2.75, 3.05) is 5.73 Å². The highest BCUT2D eigenvalue weighted by molar-refractivity contribution is 9.11. The van der Waals surface area contributed by atoms with Gasteiger partial charge in [0.25, 0.3) is 0 Å². The van der Waals surface area contributed by atoms with Crippen LogP contribution in [0.25, 0.3) is 0 Å². The van der Waals surface area contributed by atoms with Gasteiger partial charge in [-0.1, -0.05) is 12.1 Å². The summed E-state index contributed by atoms with van der Waals surface area (Å²) < 4.78 is 1.08. The van der Waals surface area contributed by atoms with E-state index in [2.05, 4.69) is 42.4 Å². The number of hydrogen-bond acceptors (Lipinski definition) is 4. The standard InChI is InChI=1S/C15H13Br2N3O2/c16-12-5-10(6-13(17)15(12)22)8-19-20-14(21)7-9-1-3-11(18)4-2-9/h1-6,8,22H,7,18H2,(H,20,21)/b19-8-. The molecule has 0 bridgehead atoms. The first-order valence-electron chi connectivity index (χ1n) is 6.30. The molecule has 7 heteroatoms. The van der Waals surface area contributed by atoms with Crippen LogP contribution in [0.15, 0.2) is 50.4 Å². The summed E-state index contributed by atoms with van der Waals surface area (Å²) in [6.07, 6.45) is 1.72. The number of hydrazone groups is 1. The number of benzene rings is 2. The monoisotopic (exact) mass is 425 g/mol. The Morgan fingerprint density at radius 3 is 2.41 bits per heavy atom. The summed E-state index contributed by atoms with van der Waals surface area (Å²) in [4.78, 5) is 11.8. The van der Waals surface area contributed by atoms with E-state index in [1.54, 1.807) is 36.4 Å². The molecule has 2 aromatic rings. The van der Waals surface area contributed by atoms with E-state index in [0.29, 0.717) is 14.6 Å².